The van der Waals surface area contributed by atoms with Gasteiger partial charge in [-0.25, -0.2) is 4.79 Å². The van der Waals surface area contributed by atoms with Crippen molar-refractivity contribution in [2.45, 2.75) is 32.5 Å². The number of rotatable bonds is 5. The minimum Gasteiger partial charge on any atom is -0.459 e. The Balaban J connectivity index is 2.27. The first-order valence-electron chi connectivity index (χ1n) is 7.84. The van der Waals surface area contributed by atoms with Gasteiger partial charge in [0.1, 0.15) is 23.2 Å². The van der Waals surface area contributed by atoms with Gasteiger partial charge in [-0.3, -0.25) is 0 Å². The topological polar surface area (TPSA) is 63.2 Å². The Morgan fingerprint density at radius 1 is 1.35 bits per heavy atom. The van der Waals surface area contributed by atoms with Gasteiger partial charge in [0.2, 0.25) is 0 Å². The van der Waals surface area contributed by atoms with E-state index in [2.05, 4.69) is 0 Å². The van der Waals surface area contributed by atoms with Crippen LogP contribution in [0.4, 0.5) is 13.2 Å². The third-order valence-corrected chi connectivity index (χ3v) is 3.61. The van der Waals surface area contributed by atoms with E-state index in [1.165, 1.54) is 30.3 Å². The van der Waals surface area contributed by atoms with Crippen LogP contribution in [-0.4, -0.2) is 12.1 Å². The number of carbonyl (C=O) groups is 1. The molecule has 2 aromatic rings. The van der Waals surface area contributed by atoms with E-state index in [0.717, 1.165) is 12.1 Å². The third kappa shape index (κ3) is 4.76. The van der Waals surface area contributed by atoms with Crippen molar-refractivity contribution in [1.82, 2.24) is 0 Å². The van der Waals surface area contributed by atoms with Gasteiger partial charge in [0.05, 0.1) is 11.7 Å². The van der Waals surface area contributed by atoms with Crippen molar-refractivity contribution in [3.8, 4) is 17.4 Å². The fraction of sp³-hybridized carbons (Fsp3) is 0.263. The highest BCUT2D eigenvalue weighted by molar-refractivity contribution is 5.97. The zero-order chi connectivity index (χ0) is 19.3. The average molecular weight is 363 g/mol. The number of furan rings is 1. The fourth-order valence-electron chi connectivity index (χ4n) is 2.04. The number of ether oxygens (including phenoxy) is 1. The van der Waals surface area contributed by atoms with E-state index >= 15 is 0 Å². The molecule has 1 aromatic heterocycles. The Morgan fingerprint density at radius 2 is 2.08 bits per heavy atom. The van der Waals surface area contributed by atoms with Gasteiger partial charge in [-0.1, -0.05) is 19.1 Å². The second-order valence-electron chi connectivity index (χ2n) is 5.57. The molecule has 0 saturated carbocycles. The molecular formula is C19H16F3NO3. The first kappa shape index (κ1) is 19.3. The quantitative estimate of drug-likeness (QED) is 0.415. The van der Waals surface area contributed by atoms with Crippen LogP contribution >= 0.6 is 0 Å². The van der Waals surface area contributed by atoms with E-state index in [9.17, 15) is 18.0 Å². The first-order valence-corrected chi connectivity index (χ1v) is 7.84. The molecule has 0 saturated heterocycles. The molecule has 0 spiro atoms. The Hall–Kier alpha value is -3.01. The highest BCUT2D eigenvalue weighted by Crippen LogP contribution is 2.32. The van der Waals surface area contributed by atoms with Crippen molar-refractivity contribution >= 4 is 12.0 Å². The molecule has 136 valence electrons. The van der Waals surface area contributed by atoms with Gasteiger partial charge in [-0.15, -0.1) is 0 Å². The lowest BCUT2D eigenvalue weighted by Crippen LogP contribution is -2.15. The highest BCUT2D eigenvalue weighted by Gasteiger charge is 2.30. The summed E-state index contributed by atoms with van der Waals surface area (Å²) in [6.45, 7) is 3.53. The molecule has 1 unspecified atom stereocenters. The number of carbonyl (C=O) groups excluding carboxylic acids is 1. The lowest BCUT2D eigenvalue weighted by atomic mass is 10.1. The maximum absolute atomic E-state index is 12.8. The summed E-state index contributed by atoms with van der Waals surface area (Å²) in [5.41, 5.74) is -0.811. The van der Waals surface area contributed by atoms with E-state index < -0.39 is 17.7 Å². The summed E-state index contributed by atoms with van der Waals surface area (Å²) in [5.74, 6) is -0.427. The molecule has 1 aromatic carbocycles. The lowest BCUT2D eigenvalue weighted by Gasteiger charge is -2.09. The number of esters is 1. The molecule has 0 amide bonds. The largest absolute Gasteiger partial charge is 0.459 e. The summed E-state index contributed by atoms with van der Waals surface area (Å²) in [4.78, 5) is 11.9. The number of hydrogen-bond donors (Lipinski definition) is 0. The molecule has 1 atom stereocenters. The van der Waals surface area contributed by atoms with Gasteiger partial charge in [-0.2, -0.15) is 18.4 Å². The number of nitriles is 1. The second kappa shape index (κ2) is 7.91. The van der Waals surface area contributed by atoms with Gasteiger partial charge in [0.25, 0.3) is 0 Å². The predicted molar refractivity (Wildman–Crippen MR) is 88.6 cm³/mol. The minimum absolute atomic E-state index is 0.162. The fourth-order valence-corrected chi connectivity index (χ4v) is 2.04. The predicted octanol–water partition coefficient (Wildman–Crippen LogP) is 5.21. The zero-order valence-electron chi connectivity index (χ0n) is 14.1. The Kier molecular flexibility index (Phi) is 5.88. The van der Waals surface area contributed by atoms with Gasteiger partial charge in [-0.05, 0) is 37.6 Å². The van der Waals surface area contributed by atoms with Gasteiger partial charge >= 0.3 is 12.1 Å². The molecule has 7 heteroatoms. The van der Waals surface area contributed by atoms with Crippen LogP contribution in [0.5, 0.6) is 0 Å². The number of hydrogen-bond acceptors (Lipinski definition) is 4. The van der Waals surface area contributed by atoms with Crippen molar-refractivity contribution in [2.24, 2.45) is 0 Å². The molecule has 26 heavy (non-hydrogen) atoms. The van der Waals surface area contributed by atoms with Gasteiger partial charge < -0.3 is 9.15 Å². The van der Waals surface area contributed by atoms with Gasteiger partial charge in [0, 0.05) is 11.6 Å². The molecule has 0 N–H and O–H groups in total. The van der Waals surface area contributed by atoms with Crippen LogP contribution in [0.1, 0.15) is 31.6 Å². The van der Waals surface area contributed by atoms with Crippen molar-refractivity contribution in [2.75, 3.05) is 0 Å². The summed E-state index contributed by atoms with van der Waals surface area (Å²) in [6, 6.07) is 9.35. The van der Waals surface area contributed by atoms with E-state index in [4.69, 9.17) is 14.4 Å². The average Bonchev–Trinajstić information content (AvgIpc) is 3.07. The third-order valence-electron chi connectivity index (χ3n) is 3.61. The summed E-state index contributed by atoms with van der Waals surface area (Å²) in [6.07, 6.45) is -3.00. The van der Waals surface area contributed by atoms with Crippen LogP contribution in [-0.2, 0) is 15.7 Å². The summed E-state index contributed by atoms with van der Waals surface area (Å²) in [7, 11) is 0. The summed E-state index contributed by atoms with van der Waals surface area (Å²) >= 11 is 0. The maximum Gasteiger partial charge on any atom is 0.416 e. The first-order chi connectivity index (χ1) is 12.2. The normalized spacial score (nSPS) is 13.2. The molecule has 0 fully saturated rings. The zero-order valence-corrected chi connectivity index (χ0v) is 14.1. The van der Waals surface area contributed by atoms with E-state index in [0.29, 0.717) is 6.42 Å². The van der Waals surface area contributed by atoms with E-state index in [1.54, 1.807) is 13.0 Å². The SMILES string of the molecule is CCC(C)OC(=O)C(C#N)=Cc1ccc(-c2cccc(C(F)(F)F)c2)o1. The van der Waals surface area contributed by atoms with Crippen LogP contribution in [0.2, 0.25) is 0 Å². The number of benzene rings is 1. The van der Waals surface area contributed by atoms with Crippen LogP contribution in [0.3, 0.4) is 0 Å². The maximum atomic E-state index is 12.8. The van der Waals surface area contributed by atoms with Crippen LogP contribution in [0.15, 0.2) is 46.4 Å². The van der Waals surface area contributed by atoms with Crippen molar-refractivity contribution < 1.29 is 27.1 Å². The Labute approximate surface area is 148 Å². The standard InChI is InChI=1S/C19H16F3NO3/c1-3-12(2)25-18(24)14(11-23)10-16-7-8-17(26-16)13-5-4-6-15(9-13)19(20,21)22/h4-10,12H,3H2,1-2H3. The van der Waals surface area contributed by atoms with E-state index in [-0.39, 0.29) is 28.8 Å². The molecule has 0 bridgehead atoms. The second-order valence-corrected chi connectivity index (χ2v) is 5.57. The van der Waals surface area contributed by atoms with Crippen molar-refractivity contribution in [3.63, 3.8) is 0 Å². The number of halogens is 3. The Bertz CT molecular complexity index is 859. The minimum atomic E-state index is -4.46. The van der Waals surface area contributed by atoms with Gasteiger partial charge in [0.15, 0.2) is 0 Å². The molecule has 2 rings (SSSR count). The highest BCUT2D eigenvalue weighted by atomic mass is 19.4. The number of nitrogens with zero attached hydrogens (tertiary/aromatic N) is 1. The van der Waals surface area contributed by atoms with Crippen LogP contribution < -0.4 is 0 Å². The Morgan fingerprint density at radius 3 is 2.69 bits per heavy atom. The molecule has 0 radical (unpaired) electrons. The van der Waals surface area contributed by atoms with Crippen LogP contribution in [0.25, 0.3) is 17.4 Å². The monoisotopic (exact) mass is 363 g/mol. The molecule has 0 aliphatic carbocycles. The van der Waals surface area contributed by atoms with Crippen LogP contribution in [0, 0.1) is 11.3 Å². The summed E-state index contributed by atoms with van der Waals surface area (Å²) < 4.78 is 48.9. The number of alkyl halides is 3. The van der Waals surface area contributed by atoms with Crippen molar-refractivity contribution in [3.05, 3.63) is 53.3 Å². The smallest absolute Gasteiger partial charge is 0.416 e. The molecule has 4 nitrogen and oxygen atoms in total. The lowest BCUT2D eigenvalue weighted by molar-refractivity contribution is -0.143. The molecule has 0 aliphatic heterocycles. The molecular weight excluding hydrogens is 347 g/mol. The van der Waals surface area contributed by atoms with Crippen molar-refractivity contribution in [1.29, 1.82) is 5.26 Å². The molecule has 0 aliphatic rings. The molecule has 1 heterocycles. The summed E-state index contributed by atoms with van der Waals surface area (Å²) in [5, 5.41) is 9.11. The van der Waals surface area contributed by atoms with E-state index in [1.807, 2.05) is 6.92 Å².